The third kappa shape index (κ3) is 5.36. The van der Waals surface area contributed by atoms with Gasteiger partial charge in [0.2, 0.25) is 0 Å². The minimum atomic E-state index is -1.26. The van der Waals surface area contributed by atoms with Crippen LogP contribution >= 0.6 is 23.5 Å². The quantitative estimate of drug-likeness (QED) is 0.496. The van der Waals surface area contributed by atoms with Crippen molar-refractivity contribution in [2.24, 2.45) is 5.73 Å². The number of aliphatic hydroxyl groups is 3. The summed E-state index contributed by atoms with van der Waals surface area (Å²) in [7, 11) is 4.07. The van der Waals surface area contributed by atoms with Gasteiger partial charge in [-0.05, 0) is 38.0 Å². The number of ether oxygens (including phenoxy) is 1. The van der Waals surface area contributed by atoms with Crippen molar-refractivity contribution < 1.29 is 20.1 Å². The van der Waals surface area contributed by atoms with Gasteiger partial charge in [-0.3, -0.25) is 0 Å². The second-order valence-corrected chi connectivity index (χ2v) is 9.35. The van der Waals surface area contributed by atoms with Gasteiger partial charge in [-0.25, -0.2) is 0 Å². The Hall–Kier alpha value is -0.320. The van der Waals surface area contributed by atoms with Gasteiger partial charge in [0.1, 0.15) is 29.9 Å². The zero-order valence-electron chi connectivity index (χ0n) is 15.6. The maximum Gasteiger partial charge on any atom is 0.132 e. The predicted octanol–water partition coefficient (Wildman–Crippen LogP) is 0.727. The fraction of sp³-hybridized carbons (Fsp3) is 0.667. The normalized spacial score (nSPS) is 31.8. The summed E-state index contributed by atoms with van der Waals surface area (Å²) < 4.78 is 5.77. The van der Waals surface area contributed by atoms with Crippen LogP contribution in [0.25, 0.3) is 0 Å². The summed E-state index contributed by atoms with van der Waals surface area (Å²) in [5.41, 5.74) is 6.97. The molecule has 1 aliphatic heterocycles. The molecule has 1 aromatic carbocycles. The highest BCUT2D eigenvalue weighted by atomic mass is 32.2. The lowest BCUT2D eigenvalue weighted by atomic mass is 9.94. The third-order valence-corrected chi connectivity index (χ3v) is 6.59. The fourth-order valence-electron chi connectivity index (χ4n) is 2.99. The van der Waals surface area contributed by atoms with Crippen molar-refractivity contribution in [3.63, 3.8) is 0 Å². The molecule has 0 aromatic heterocycles. The Morgan fingerprint density at radius 3 is 2.27 bits per heavy atom. The minimum Gasteiger partial charge on any atom is -0.388 e. The van der Waals surface area contributed by atoms with Crippen molar-refractivity contribution in [2.45, 2.75) is 59.5 Å². The number of rotatable bonds is 7. The molecule has 1 aromatic rings. The molecule has 1 heterocycles. The van der Waals surface area contributed by atoms with Crippen molar-refractivity contribution in [2.75, 3.05) is 20.4 Å². The molecule has 0 spiro atoms. The summed E-state index contributed by atoms with van der Waals surface area (Å²) in [6, 6.07) is 7.82. The minimum absolute atomic E-state index is 0.0423. The molecule has 6 nitrogen and oxygen atoms in total. The highest BCUT2D eigenvalue weighted by Gasteiger charge is 2.46. The first-order chi connectivity index (χ1) is 12.2. The zero-order chi connectivity index (χ0) is 19.4. The summed E-state index contributed by atoms with van der Waals surface area (Å²) in [5.74, 6) is 0. The van der Waals surface area contributed by atoms with E-state index in [-0.39, 0.29) is 5.25 Å². The van der Waals surface area contributed by atoms with E-state index in [4.69, 9.17) is 10.5 Å². The van der Waals surface area contributed by atoms with E-state index < -0.39 is 35.9 Å². The lowest BCUT2D eigenvalue weighted by molar-refractivity contribution is -0.202. The average molecular weight is 403 g/mol. The number of benzene rings is 1. The molecule has 0 bridgehead atoms. The van der Waals surface area contributed by atoms with Crippen LogP contribution < -0.4 is 5.73 Å². The third-order valence-electron chi connectivity index (χ3n) is 4.50. The van der Waals surface area contributed by atoms with Crippen LogP contribution in [0.15, 0.2) is 29.2 Å². The van der Waals surface area contributed by atoms with Crippen LogP contribution in [0.1, 0.15) is 12.5 Å². The molecular weight excluding hydrogens is 372 g/mol. The maximum atomic E-state index is 10.3. The van der Waals surface area contributed by atoms with Gasteiger partial charge in [0.15, 0.2) is 0 Å². The van der Waals surface area contributed by atoms with Gasteiger partial charge in [-0.1, -0.05) is 19.1 Å². The van der Waals surface area contributed by atoms with Gasteiger partial charge >= 0.3 is 0 Å². The molecule has 1 fully saturated rings. The molecule has 0 saturated carbocycles. The van der Waals surface area contributed by atoms with Crippen LogP contribution in [0.4, 0.5) is 0 Å². The standard InChI is InChI=1S/C18H30N2O4S2/c1-10(26-12-7-5-11(6-8-12)9-20(2)3)13(19)17-15(22)14(21)16(23)18(24-17)25-4/h5-8,10,13-18,21-23H,9,19H2,1-4H3/t10-,13+,14?,15-,16+,17+,18?/m0/s1. The topological polar surface area (TPSA) is 99.2 Å². The van der Waals surface area contributed by atoms with Crippen LogP contribution in [0.2, 0.25) is 0 Å². The van der Waals surface area contributed by atoms with Crippen LogP contribution in [0, 0.1) is 0 Å². The van der Waals surface area contributed by atoms with E-state index in [0.29, 0.717) is 0 Å². The van der Waals surface area contributed by atoms with Gasteiger partial charge in [-0.15, -0.1) is 23.5 Å². The molecule has 0 radical (unpaired) electrons. The van der Waals surface area contributed by atoms with Gasteiger partial charge in [0.25, 0.3) is 0 Å². The van der Waals surface area contributed by atoms with Crippen LogP contribution in [-0.4, -0.2) is 81.7 Å². The predicted molar refractivity (Wildman–Crippen MR) is 107 cm³/mol. The van der Waals surface area contributed by atoms with Gasteiger partial charge in [-0.2, -0.15) is 0 Å². The Kier molecular flexibility index (Phi) is 8.24. The van der Waals surface area contributed by atoms with E-state index in [9.17, 15) is 15.3 Å². The van der Waals surface area contributed by atoms with Gasteiger partial charge in [0.05, 0.1) is 0 Å². The monoisotopic (exact) mass is 402 g/mol. The lowest BCUT2D eigenvalue weighted by Crippen LogP contribution is -2.62. The molecule has 148 valence electrons. The van der Waals surface area contributed by atoms with Crippen molar-refractivity contribution >= 4 is 23.5 Å². The zero-order valence-corrected chi connectivity index (χ0v) is 17.3. The molecule has 0 aliphatic carbocycles. The number of hydrogen-bond acceptors (Lipinski definition) is 8. The Labute approximate surface area is 164 Å². The Morgan fingerprint density at radius 1 is 1.12 bits per heavy atom. The lowest BCUT2D eigenvalue weighted by Gasteiger charge is -2.43. The largest absolute Gasteiger partial charge is 0.388 e. The first-order valence-corrected chi connectivity index (χ1v) is 10.8. The molecular formula is C18H30N2O4S2. The molecule has 2 rings (SSSR count). The molecule has 8 heteroatoms. The van der Waals surface area contributed by atoms with E-state index in [2.05, 4.69) is 29.2 Å². The van der Waals surface area contributed by atoms with Gasteiger partial charge in [0, 0.05) is 22.7 Å². The van der Waals surface area contributed by atoms with E-state index in [0.717, 1.165) is 11.4 Å². The van der Waals surface area contributed by atoms with E-state index in [1.807, 2.05) is 21.0 Å². The van der Waals surface area contributed by atoms with Crippen molar-refractivity contribution in [1.82, 2.24) is 4.90 Å². The van der Waals surface area contributed by atoms with Crippen molar-refractivity contribution in [3.8, 4) is 0 Å². The number of hydrogen-bond donors (Lipinski definition) is 4. The number of thioether (sulfide) groups is 2. The van der Waals surface area contributed by atoms with Crippen LogP contribution in [0.5, 0.6) is 0 Å². The van der Waals surface area contributed by atoms with Crippen LogP contribution in [-0.2, 0) is 11.3 Å². The summed E-state index contributed by atoms with van der Waals surface area (Å²) in [5, 5.41) is 30.3. The van der Waals surface area contributed by atoms with Gasteiger partial charge < -0.3 is 30.7 Å². The second kappa shape index (κ2) is 9.75. The number of aliphatic hydroxyl groups excluding tert-OH is 3. The molecule has 0 amide bonds. The Morgan fingerprint density at radius 2 is 1.73 bits per heavy atom. The Bertz CT molecular complexity index is 559. The van der Waals surface area contributed by atoms with Crippen LogP contribution in [0.3, 0.4) is 0 Å². The molecule has 1 saturated heterocycles. The first kappa shape index (κ1) is 22.0. The highest BCUT2D eigenvalue weighted by molar-refractivity contribution is 8.00. The van der Waals surface area contributed by atoms with E-state index >= 15 is 0 Å². The molecule has 5 N–H and O–H groups in total. The highest BCUT2D eigenvalue weighted by Crippen LogP contribution is 2.32. The molecule has 1 aliphatic rings. The number of nitrogens with two attached hydrogens (primary N) is 1. The summed E-state index contributed by atoms with van der Waals surface area (Å²) in [6.45, 7) is 2.86. The fourth-order valence-corrected chi connectivity index (χ4v) is 4.70. The summed E-state index contributed by atoms with van der Waals surface area (Å²) >= 11 is 2.90. The SMILES string of the molecule is CSC1O[C@H]([C@H](N)[C@H](C)Sc2ccc(CN(C)C)cc2)[C@@H](O)C(O)[C@H]1O. The Balaban J connectivity index is 2.00. The second-order valence-electron chi connectivity index (χ2n) is 6.96. The first-order valence-electron chi connectivity index (χ1n) is 8.63. The summed E-state index contributed by atoms with van der Waals surface area (Å²) in [4.78, 5) is 3.20. The van der Waals surface area contributed by atoms with E-state index in [1.54, 1.807) is 18.0 Å². The summed E-state index contributed by atoms with van der Waals surface area (Å²) in [6.07, 6.45) is -2.56. The smallest absolute Gasteiger partial charge is 0.132 e. The number of nitrogens with zero attached hydrogens (tertiary/aromatic N) is 1. The molecule has 26 heavy (non-hydrogen) atoms. The average Bonchev–Trinajstić information content (AvgIpc) is 2.60. The van der Waals surface area contributed by atoms with E-state index in [1.165, 1.54) is 17.3 Å². The molecule has 2 unspecified atom stereocenters. The maximum absolute atomic E-state index is 10.3. The molecule has 7 atom stereocenters. The van der Waals surface area contributed by atoms with Crippen molar-refractivity contribution in [3.05, 3.63) is 29.8 Å². The van der Waals surface area contributed by atoms with Crippen molar-refractivity contribution in [1.29, 1.82) is 0 Å².